The lowest BCUT2D eigenvalue weighted by Gasteiger charge is -2.23. The zero-order valence-corrected chi connectivity index (χ0v) is 33.6. The second kappa shape index (κ2) is 25.2. The van der Waals surface area contributed by atoms with Gasteiger partial charge >= 0.3 is 5.97 Å². The molecule has 51 heavy (non-hydrogen) atoms. The molecule has 1 aliphatic heterocycles. The van der Waals surface area contributed by atoms with Crippen LogP contribution in [0.15, 0.2) is 40.8 Å². The van der Waals surface area contributed by atoms with Gasteiger partial charge in [-0.05, 0) is 50.5 Å². The summed E-state index contributed by atoms with van der Waals surface area (Å²) in [6.45, 7) is 15.1. The van der Waals surface area contributed by atoms with Crippen LogP contribution in [0.4, 0.5) is 5.69 Å². The van der Waals surface area contributed by atoms with Crippen LogP contribution in [0.3, 0.4) is 0 Å². The quantitative estimate of drug-likeness (QED) is 0.0444. The minimum atomic E-state index is -0.681. The molecule has 3 rings (SSSR count). The first kappa shape index (κ1) is 42.6. The first-order valence-corrected chi connectivity index (χ1v) is 21.5. The highest BCUT2D eigenvalue weighted by Gasteiger charge is 2.24. The predicted molar refractivity (Wildman–Crippen MR) is 220 cm³/mol. The van der Waals surface area contributed by atoms with Crippen molar-refractivity contribution < 1.29 is 14.3 Å². The van der Waals surface area contributed by atoms with Crippen molar-refractivity contribution in [1.29, 1.82) is 0 Å². The van der Waals surface area contributed by atoms with Crippen LogP contribution < -0.4 is 14.8 Å². The molecular formula is C46H75N2O3+. The molecule has 2 aliphatic rings. The van der Waals surface area contributed by atoms with Crippen molar-refractivity contribution >= 4 is 22.6 Å². The van der Waals surface area contributed by atoms with E-state index in [1.54, 1.807) is 0 Å². The van der Waals surface area contributed by atoms with E-state index in [1.165, 1.54) is 108 Å². The highest BCUT2D eigenvalue weighted by atomic mass is 16.4. The van der Waals surface area contributed by atoms with E-state index in [0.717, 1.165) is 91.8 Å². The Morgan fingerprint density at radius 1 is 0.667 bits per heavy atom. The number of carbonyl (C=O) groups is 1. The highest BCUT2D eigenvalue weighted by molar-refractivity contribution is 5.90. The molecule has 1 aromatic rings. The molecule has 0 amide bonds. The molecule has 0 saturated carbocycles. The smallest absolute Gasteiger partial charge is 0.306 e. The largest absolute Gasteiger partial charge is 0.481 e. The van der Waals surface area contributed by atoms with Gasteiger partial charge in [-0.25, -0.2) is 4.58 Å². The third-order valence-electron chi connectivity index (χ3n) is 11.1. The van der Waals surface area contributed by atoms with Crippen molar-refractivity contribution in [2.75, 3.05) is 31.1 Å². The number of hydrogen-bond donors (Lipinski definition) is 1. The lowest BCUT2D eigenvalue weighted by Crippen LogP contribution is -2.32. The number of rotatable bonds is 29. The van der Waals surface area contributed by atoms with E-state index >= 15 is 0 Å². The van der Waals surface area contributed by atoms with Gasteiger partial charge in [0.1, 0.15) is 24.4 Å². The Balaban J connectivity index is 1.66. The van der Waals surface area contributed by atoms with Gasteiger partial charge in [-0.2, -0.15) is 0 Å². The second-order valence-electron chi connectivity index (χ2n) is 15.1. The standard InChI is InChI=1S/C46H74N2O3/c1-6-11-14-15-16-17-18-19-20-21-22-23-24-25-26-27-28-38(46(49)50)35-43-41-31-29-39(47(9-4)10-5)36-44(41)51-45-37-40(30-32-42(43)45)48(33-12-7-2)34-13-8-3/h29-32,36-38H,6-28,33-35H2,1-5H3/p+1. The summed E-state index contributed by atoms with van der Waals surface area (Å²) in [6, 6.07) is 13.1. The predicted octanol–water partition coefficient (Wildman–Crippen LogP) is 12.7. The van der Waals surface area contributed by atoms with Gasteiger partial charge in [-0.1, -0.05) is 136 Å². The second-order valence-corrected chi connectivity index (χ2v) is 15.1. The number of carboxylic acids is 1. The summed E-state index contributed by atoms with van der Waals surface area (Å²) in [5, 5.41) is 12.7. The Kier molecular flexibility index (Phi) is 21.1. The van der Waals surface area contributed by atoms with Crippen molar-refractivity contribution in [3.05, 3.63) is 47.3 Å². The van der Waals surface area contributed by atoms with Crippen molar-refractivity contribution in [3.8, 4) is 11.3 Å². The first-order chi connectivity index (χ1) is 25.0. The molecule has 0 fully saturated rings. The van der Waals surface area contributed by atoms with Gasteiger partial charge in [0.15, 0.2) is 0 Å². The molecule has 1 unspecified atom stereocenters. The number of unbranched alkanes of at least 4 members (excludes halogenated alkanes) is 17. The summed E-state index contributed by atoms with van der Waals surface area (Å²) in [7, 11) is 0. The Morgan fingerprint density at radius 2 is 1.20 bits per heavy atom. The average Bonchev–Trinajstić information content (AvgIpc) is 3.14. The lowest BCUT2D eigenvalue weighted by atomic mass is 9.88. The zero-order chi connectivity index (χ0) is 36.7. The number of anilines is 1. The van der Waals surface area contributed by atoms with Crippen molar-refractivity contribution in [1.82, 2.24) is 4.58 Å². The van der Waals surface area contributed by atoms with Crippen molar-refractivity contribution in [3.63, 3.8) is 0 Å². The molecule has 1 heterocycles. The summed E-state index contributed by atoms with van der Waals surface area (Å²) in [6.07, 6.45) is 27.1. The summed E-state index contributed by atoms with van der Waals surface area (Å²) in [5.74, 6) is -0.228. The van der Waals surface area contributed by atoms with Crippen LogP contribution in [0.5, 0.6) is 0 Å². The SMILES string of the molecule is CCCCCCCCCCCCCCCCCCC(Cc1c2ccc(=[N+](CCCC)CCCC)cc-2oc2cc(N(CC)CC)ccc12)C(=O)O. The molecule has 1 aromatic carbocycles. The highest BCUT2D eigenvalue weighted by Crippen LogP contribution is 2.36. The van der Waals surface area contributed by atoms with E-state index in [9.17, 15) is 9.90 Å². The van der Waals surface area contributed by atoms with Crippen LogP contribution in [0, 0.1) is 5.92 Å². The molecule has 5 nitrogen and oxygen atoms in total. The number of aliphatic carboxylic acids is 1. The van der Waals surface area contributed by atoms with Crippen LogP contribution in [0.1, 0.15) is 175 Å². The molecular weight excluding hydrogens is 629 g/mol. The van der Waals surface area contributed by atoms with Crippen LogP contribution in [0.25, 0.3) is 22.3 Å². The average molecular weight is 704 g/mol. The maximum atomic E-state index is 12.7. The third kappa shape index (κ3) is 14.6. The minimum absolute atomic E-state index is 0.404. The summed E-state index contributed by atoms with van der Waals surface area (Å²) in [5.41, 5.74) is 4.15. The van der Waals surface area contributed by atoms with Gasteiger partial charge in [-0.15, -0.1) is 0 Å². The van der Waals surface area contributed by atoms with E-state index in [4.69, 9.17) is 4.42 Å². The Hall–Kier alpha value is -2.82. The van der Waals surface area contributed by atoms with Gasteiger partial charge in [0.2, 0.25) is 5.36 Å². The monoisotopic (exact) mass is 704 g/mol. The van der Waals surface area contributed by atoms with Crippen LogP contribution >= 0.6 is 0 Å². The minimum Gasteiger partial charge on any atom is -0.481 e. The molecule has 286 valence electrons. The van der Waals surface area contributed by atoms with Crippen LogP contribution in [0.2, 0.25) is 0 Å². The summed E-state index contributed by atoms with van der Waals surface area (Å²) in [4.78, 5) is 15.0. The van der Waals surface area contributed by atoms with Gasteiger partial charge in [0.05, 0.1) is 12.0 Å². The summed E-state index contributed by atoms with van der Waals surface area (Å²) >= 11 is 0. The van der Waals surface area contributed by atoms with E-state index in [1.807, 2.05) is 0 Å². The zero-order valence-electron chi connectivity index (χ0n) is 33.6. The topological polar surface area (TPSA) is 56.7 Å². The Bertz CT molecular complexity index is 1410. The lowest BCUT2D eigenvalue weighted by molar-refractivity contribution is -0.142. The molecule has 0 radical (unpaired) electrons. The van der Waals surface area contributed by atoms with E-state index in [2.05, 4.69) is 80.5 Å². The molecule has 0 aromatic heterocycles. The molecule has 1 atom stereocenters. The van der Waals surface area contributed by atoms with Crippen molar-refractivity contribution in [2.24, 2.45) is 5.92 Å². The fourth-order valence-corrected chi connectivity index (χ4v) is 7.72. The molecule has 0 saturated heterocycles. The first-order valence-electron chi connectivity index (χ1n) is 21.5. The van der Waals surface area contributed by atoms with Gasteiger partial charge in [0.25, 0.3) is 0 Å². The number of hydrogen-bond acceptors (Lipinski definition) is 3. The Labute approximate surface area is 312 Å². The number of nitrogens with zero attached hydrogens (tertiary/aromatic N) is 2. The van der Waals surface area contributed by atoms with E-state index < -0.39 is 11.9 Å². The molecule has 5 heteroatoms. The molecule has 1 N–H and O–H groups in total. The maximum absolute atomic E-state index is 12.7. The normalized spacial score (nSPS) is 12.2. The number of carboxylic acid groups (broad SMARTS) is 1. The van der Waals surface area contributed by atoms with Gasteiger partial charge < -0.3 is 14.4 Å². The van der Waals surface area contributed by atoms with Gasteiger partial charge in [0, 0.05) is 54.7 Å². The number of fused-ring (bicyclic) bond motifs is 2. The molecule has 0 spiro atoms. The van der Waals surface area contributed by atoms with E-state index in [0.29, 0.717) is 6.42 Å². The molecule has 0 bridgehead atoms. The molecule has 1 aliphatic carbocycles. The maximum Gasteiger partial charge on any atom is 0.306 e. The van der Waals surface area contributed by atoms with Crippen LogP contribution in [-0.4, -0.2) is 37.3 Å². The Morgan fingerprint density at radius 3 is 1.71 bits per heavy atom. The van der Waals surface area contributed by atoms with Crippen molar-refractivity contribution in [2.45, 2.75) is 176 Å². The summed E-state index contributed by atoms with van der Waals surface area (Å²) < 4.78 is 9.20. The fraction of sp³-hybridized carbons (Fsp3) is 0.696. The van der Waals surface area contributed by atoms with Crippen LogP contribution in [-0.2, 0) is 11.2 Å². The fourth-order valence-electron chi connectivity index (χ4n) is 7.72. The third-order valence-corrected chi connectivity index (χ3v) is 11.1. The number of benzene rings is 2. The van der Waals surface area contributed by atoms with Gasteiger partial charge in [-0.3, -0.25) is 4.79 Å². The van der Waals surface area contributed by atoms with E-state index in [-0.39, 0.29) is 0 Å².